The highest BCUT2D eigenvalue weighted by molar-refractivity contribution is 7.00. The summed E-state index contributed by atoms with van der Waals surface area (Å²) in [4.78, 5) is 5.18. The Labute approximate surface area is 726 Å². The first-order valence-electron chi connectivity index (χ1n) is 46.4. The van der Waals surface area contributed by atoms with Crippen LogP contribution in [0.25, 0.3) is 160 Å². The van der Waals surface area contributed by atoms with Crippen LogP contribution in [0.5, 0.6) is 0 Å². The molecule has 0 spiro atoms. The third-order valence-corrected chi connectivity index (χ3v) is 26.0. The van der Waals surface area contributed by atoms with E-state index in [0.29, 0.717) is 22.4 Å². The van der Waals surface area contributed by atoms with Gasteiger partial charge in [0.2, 0.25) is 0 Å². The van der Waals surface area contributed by atoms with Crippen LogP contribution in [0.15, 0.2) is 330 Å². The zero-order valence-electron chi connectivity index (χ0n) is 78.8. The lowest BCUT2D eigenvalue weighted by Crippen LogP contribution is -2.61. The lowest BCUT2D eigenvalue weighted by molar-refractivity contribution is 0.569. The molecule has 0 fully saturated rings. The van der Waals surface area contributed by atoms with Gasteiger partial charge in [0.1, 0.15) is 22.3 Å². The predicted molar refractivity (Wildman–Crippen MR) is 520 cm³/mol. The molecule has 13 bridgehead atoms. The Morgan fingerprint density at radius 2 is 0.680 bits per heavy atom. The summed E-state index contributed by atoms with van der Waals surface area (Å²) in [6.07, 6.45) is 0. The molecular weight excluding hydrogens is 1480 g/mol. The van der Waals surface area contributed by atoms with Crippen LogP contribution in [-0.2, 0) is 27.1 Å². The van der Waals surface area contributed by atoms with Crippen LogP contribution in [0.1, 0.15) is 141 Å². The van der Waals surface area contributed by atoms with Gasteiger partial charge in [-0.25, -0.2) is 0 Å². The monoisotopic (exact) mass is 1580 g/mol. The third-order valence-electron chi connectivity index (χ3n) is 26.0. The first-order valence-corrected chi connectivity index (χ1v) is 42.9. The van der Waals surface area contributed by atoms with Crippen molar-refractivity contribution in [3.8, 4) is 94.7 Å². The van der Waals surface area contributed by atoms with E-state index >= 15 is 0 Å². The molecule has 0 amide bonds. The number of fused-ring (bicyclic) bond motifs is 26. The molecule has 0 unspecified atom stereocenters. The van der Waals surface area contributed by atoms with Crippen LogP contribution in [0.2, 0.25) is 0 Å². The minimum Gasteiger partial charge on any atom is -0.456 e. The molecule has 592 valence electrons. The van der Waals surface area contributed by atoms with Crippen molar-refractivity contribution >= 4 is 123 Å². The maximum absolute atomic E-state index is 10.7. The van der Waals surface area contributed by atoms with E-state index in [9.17, 15) is 9.60 Å². The zero-order valence-corrected chi connectivity index (χ0v) is 71.8. The van der Waals surface area contributed by atoms with E-state index in [4.69, 9.17) is 8.83 Å². The fraction of sp³-hybridized carbons (Fsp3) is 0.172. The number of furan rings is 2. The molecule has 22 rings (SSSR count). The molecule has 19 aromatic rings. The fourth-order valence-electron chi connectivity index (χ4n) is 19.3. The Morgan fingerprint density at radius 1 is 0.262 bits per heavy atom. The largest absolute Gasteiger partial charge is 0.456 e. The van der Waals surface area contributed by atoms with Gasteiger partial charge >= 0.3 is 0 Å². The molecule has 5 nitrogen and oxygen atoms in total. The number of hydrogen-bond acceptors (Lipinski definition) is 4. The van der Waals surface area contributed by atoms with E-state index in [1.807, 2.05) is 42.5 Å². The molecule has 3 aliphatic rings. The highest BCUT2D eigenvalue weighted by atomic mass is 16.3. The molecule has 3 aliphatic heterocycles. The molecule has 0 aliphatic carbocycles. The Hall–Kier alpha value is -13.4. The molecule has 0 radical (unpaired) electrons. The second-order valence-electron chi connectivity index (χ2n) is 39.2. The van der Waals surface area contributed by atoms with Crippen molar-refractivity contribution in [2.24, 2.45) is 0 Å². The summed E-state index contributed by atoms with van der Waals surface area (Å²) in [7, 11) is 0. The summed E-state index contributed by atoms with van der Waals surface area (Å²) in [6.45, 7) is 34.1. The van der Waals surface area contributed by atoms with Crippen molar-refractivity contribution in [1.82, 2.24) is 4.57 Å². The summed E-state index contributed by atoms with van der Waals surface area (Å²) in [6, 6.07) is 99.9. The minimum absolute atomic E-state index is 0.0815. The third kappa shape index (κ3) is 12.2. The summed E-state index contributed by atoms with van der Waals surface area (Å²) in [5.41, 5.74) is 31.5. The van der Waals surface area contributed by atoms with Crippen molar-refractivity contribution in [3.05, 3.63) is 349 Å². The quantitative estimate of drug-likeness (QED) is 0.161. The van der Waals surface area contributed by atoms with Crippen molar-refractivity contribution in [3.63, 3.8) is 0 Å². The second-order valence-corrected chi connectivity index (χ2v) is 39.2. The molecule has 16 aromatic carbocycles. The average Bonchev–Trinajstić information content (AvgIpc) is 1.66. The topological polar surface area (TPSA) is 37.7 Å². The van der Waals surface area contributed by atoms with Crippen molar-refractivity contribution in [2.75, 3.05) is 9.80 Å². The lowest BCUT2D eigenvalue weighted by Gasteiger charge is -2.47. The van der Waals surface area contributed by atoms with E-state index < -0.39 is 29.6 Å². The first-order chi connectivity index (χ1) is 61.5. The molecule has 0 atom stereocenters. The maximum atomic E-state index is 10.7. The van der Waals surface area contributed by atoms with Crippen LogP contribution in [0, 0.1) is 0 Å². The molecule has 3 aromatic heterocycles. The van der Waals surface area contributed by atoms with Gasteiger partial charge in [-0.1, -0.05) is 298 Å². The van der Waals surface area contributed by atoms with Crippen LogP contribution in [0.3, 0.4) is 0 Å². The van der Waals surface area contributed by atoms with E-state index in [1.165, 1.54) is 16.7 Å². The van der Waals surface area contributed by atoms with Gasteiger partial charge in [0.05, 0.1) is 32.0 Å². The number of anilines is 6. The average molecular weight is 1580 g/mol. The van der Waals surface area contributed by atoms with Gasteiger partial charge < -0.3 is 23.2 Å². The highest BCUT2D eigenvalue weighted by Gasteiger charge is 2.47. The van der Waals surface area contributed by atoms with E-state index in [1.54, 1.807) is 4.57 Å². The van der Waals surface area contributed by atoms with Gasteiger partial charge in [0.15, 0.2) is 0 Å². The molecule has 0 saturated heterocycles. The molecule has 6 heteroatoms. The standard InChI is InChI=1S/C116H98BN3O2/c1-112(2,3)81-54-80(55-82(61-81)113(4,5)6)77-41-48-101-98(60-77)117-97-46-45-86(118-99-38-24-22-36-87(99)93-56-73(40-47-100(93)118)76-44-49-106-94(57-76)88-37-23-25-39-105(88)121-106)68-102(97)120-104-67-85(116(13,14)15)66-103(109(104)117)119(101)110-89(69-28-18-16-19-29-69)62-83(114(7,8)9)64-91(110)78-34-26-32-71(52-78)74-42-50-107-95(58-74)96-59-75(43-51-108(96)122-107)72-33-27-35-79(53-72)92-65-84(115(10,11)12)63-90(111(92)120)70-30-20-17-21-31-70/h16-68H,1-15H3/i22D,24D,36D,38D,40D,47D,56D. The van der Waals surface area contributed by atoms with Crippen LogP contribution in [-0.4, -0.2) is 11.3 Å². The van der Waals surface area contributed by atoms with Gasteiger partial charge in [-0.2, -0.15) is 0 Å². The number of hydrogen-bond donors (Lipinski definition) is 0. The van der Waals surface area contributed by atoms with Gasteiger partial charge in [0, 0.05) is 83.0 Å². The predicted octanol–water partition coefficient (Wildman–Crippen LogP) is 30.8. The normalized spacial score (nSPS) is 14.1. The van der Waals surface area contributed by atoms with E-state index in [-0.39, 0.29) is 73.8 Å². The van der Waals surface area contributed by atoms with E-state index in [2.05, 4.69) is 350 Å². The molecule has 122 heavy (non-hydrogen) atoms. The number of aromatic nitrogens is 1. The molecule has 0 saturated carbocycles. The second kappa shape index (κ2) is 27.0. The van der Waals surface area contributed by atoms with Gasteiger partial charge in [-0.15, -0.1) is 0 Å². The zero-order chi connectivity index (χ0) is 89.6. The minimum atomic E-state index is -0.544. The Balaban J connectivity index is 0.943. The molecule has 0 N–H and O–H groups in total. The van der Waals surface area contributed by atoms with Crippen LogP contribution >= 0.6 is 0 Å². The number of benzene rings is 16. The van der Waals surface area contributed by atoms with E-state index in [0.717, 1.165) is 172 Å². The summed E-state index contributed by atoms with van der Waals surface area (Å²) < 4.78 is 86.4. The molecular formula is C116H98BN3O2. The lowest BCUT2D eigenvalue weighted by atomic mass is 9.33. The van der Waals surface area contributed by atoms with Gasteiger partial charge in [-0.3, -0.25) is 0 Å². The van der Waals surface area contributed by atoms with Gasteiger partial charge in [-0.05, 0) is 265 Å². The van der Waals surface area contributed by atoms with Gasteiger partial charge in [0.25, 0.3) is 6.71 Å². The first kappa shape index (κ1) is 67.4. The summed E-state index contributed by atoms with van der Waals surface area (Å²) in [5, 5.41) is 3.87. The number of nitrogens with zero attached hydrogens (tertiary/aromatic N) is 3. The van der Waals surface area contributed by atoms with Crippen molar-refractivity contribution in [2.45, 2.75) is 131 Å². The Kier molecular flexibility index (Phi) is 14.9. The smallest absolute Gasteiger partial charge is 0.252 e. The van der Waals surface area contributed by atoms with Crippen LogP contribution in [0.4, 0.5) is 34.1 Å². The SMILES string of the molecule is [2H]c1c([2H])c([2H])c2c(c1[2H])c1c([2H])c(-c3ccc4oc5ccccc5c4c3)c([2H])c([2H])c1n2-c1ccc2c(c1)N1c3cc(C(C)(C)C)cc4c3B2c2cc(-c3cc(C(C)(C)C)cc(C(C)(C)C)c3)ccc2N4c2c(-c3ccccc3)cc(C(C)(C)C)cc2-c2cccc(c2)-c2ccc3oc4ccc(cc4c3c2)-c2cccc(c2)-c2cc(C(C)(C)C)cc(-c3ccccc3)c21. The van der Waals surface area contributed by atoms with Crippen molar-refractivity contribution in [1.29, 1.82) is 0 Å². The van der Waals surface area contributed by atoms with Crippen molar-refractivity contribution < 1.29 is 18.4 Å². The highest BCUT2D eigenvalue weighted by Crippen LogP contribution is 2.57. The maximum Gasteiger partial charge on any atom is 0.252 e. The van der Waals surface area contributed by atoms with Crippen LogP contribution < -0.4 is 26.2 Å². The number of rotatable bonds is 5. The number of para-hydroxylation sites is 2. The summed E-state index contributed by atoms with van der Waals surface area (Å²) >= 11 is 0. The Morgan fingerprint density at radius 3 is 1.22 bits per heavy atom. The fourth-order valence-corrected chi connectivity index (χ4v) is 19.3. The Bertz CT molecular complexity index is 8030. The molecule has 6 heterocycles. The summed E-state index contributed by atoms with van der Waals surface area (Å²) in [5.74, 6) is 0.